The predicted molar refractivity (Wildman–Crippen MR) is 82.4 cm³/mol. The lowest BCUT2D eigenvalue weighted by Crippen LogP contribution is -2.40. The molecule has 1 saturated heterocycles. The first-order valence-corrected chi connectivity index (χ1v) is 7.67. The molecule has 3 rings (SSSR count). The van der Waals surface area contributed by atoms with Crippen LogP contribution >= 0.6 is 11.6 Å². The molecule has 1 fully saturated rings. The van der Waals surface area contributed by atoms with Gasteiger partial charge >= 0.3 is 0 Å². The molecule has 2 unspecified atom stereocenters. The summed E-state index contributed by atoms with van der Waals surface area (Å²) < 4.78 is 8.07. The maximum absolute atomic E-state index is 6.39. The van der Waals surface area contributed by atoms with Crippen LogP contribution in [0.1, 0.15) is 43.5 Å². The molecule has 1 aromatic carbocycles. The van der Waals surface area contributed by atoms with Crippen LogP contribution in [-0.2, 0) is 10.3 Å². The average Bonchev–Trinajstić information content (AvgIpc) is 2.81. The lowest BCUT2D eigenvalue weighted by atomic mass is 9.93. The van der Waals surface area contributed by atoms with E-state index in [2.05, 4.69) is 36.6 Å². The van der Waals surface area contributed by atoms with Gasteiger partial charge in [-0.2, -0.15) is 0 Å². The van der Waals surface area contributed by atoms with Gasteiger partial charge in [0, 0.05) is 6.61 Å². The molecule has 0 aliphatic carbocycles. The quantitative estimate of drug-likeness (QED) is 0.777. The van der Waals surface area contributed by atoms with Crippen LogP contribution in [0.25, 0.3) is 11.0 Å². The highest BCUT2D eigenvalue weighted by molar-refractivity contribution is 6.20. The van der Waals surface area contributed by atoms with Crippen molar-refractivity contribution in [1.82, 2.24) is 9.55 Å². The minimum atomic E-state index is -0.111. The van der Waals surface area contributed by atoms with Gasteiger partial charge < -0.3 is 9.30 Å². The number of fused-ring (bicyclic) bond motifs is 1. The number of hydrogen-bond acceptors (Lipinski definition) is 2. The van der Waals surface area contributed by atoms with E-state index in [1.807, 2.05) is 6.92 Å². The lowest BCUT2D eigenvalue weighted by molar-refractivity contribution is 0.0101. The molecule has 4 heteroatoms. The van der Waals surface area contributed by atoms with E-state index in [0.29, 0.717) is 0 Å². The highest BCUT2D eigenvalue weighted by atomic mass is 35.5. The van der Waals surface area contributed by atoms with Gasteiger partial charge in [0.15, 0.2) is 0 Å². The molecule has 1 aromatic heterocycles. The lowest BCUT2D eigenvalue weighted by Gasteiger charge is -2.37. The van der Waals surface area contributed by atoms with Crippen LogP contribution < -0.4 is 0 Å². The largest absolute Gasteiger partial charge is 0.379 e. The van der Waals surface area contributed by atoms with Crippen LogP contribution in [0.4, 0.5) is 0 Å². The zero-order chi connectivity index (χ0) is 14.3. The first-order valence-electron chi connectivity index (χ1n) is 7.23. The van der Waals surface area contributed by atoms with E-state index in [9.17, 15) is 0 Å². The number of halogens is 1. The van der Waals surface area contributed by atoms with Crippen molar-refractivity contribution in [3.05, 3.63) is 29.6 Å². The van der Waals surface area contributed by atoms with Crippen LogP contribution in [0.15, 0.2) is 18.2 Å². The van der Waals surface area contributed by atoms with E-state index < -0.39 is 0 Å². The molecule has 20 heavy (non-hydrogen) atoms. The normalized spacial score (nSPS) is 25.0. The number of hydrogen-bond donors (Lipinski definition) is 0. The molecule has 0 bridgehead atoms. The predicted octanol–water partition coefficient (Wildman–Crippen LogP) is 4.17. The highest BCUT2D eigenvalue weighted by Gasteiger charge is 2.34. The topological polar surface area (TPSA) is 27.1 Å². The number of rotatable bonds is 2. The van der Waals surface area contributed by atoms with Crippen molar-refractivity contribution < 1.29 is 4.74 Å². The summed E-state index contributed by atoms with van der Waals surface area (Å²) in [6, 6.07) is 6.25. The van der Waals surface area contributed by atoms with E-state index in [4.69, 9.17) is 21.3 Å². The van der Waals surface area contributed by atoms with Crippen molar-refractivity contribution in [2.45, 2.75) is 44.5 Å². The summed E-state index contributed by atoms with van der Waals surface area (Å²) in [4.78, 5) is 4.77. The first-order chi connectivity index (χ1) is 9.53. The van der Waals surface area contributed by atoms with Gasteiger partial charge in [0.2, 0.25) is 0 Å². The van der Waals surface area contributed by atoms with E-state index in [0.717, 1.165) is 37.4 Å². The smallest absolute Gasteiger partial charge is 0.128 e. The summed E-state index contributed by atoms with van der Waals surface area (Å²) in [5, 5.41) is -0.111. The Kier molecular flexibility index (Phi) is 3.51. The fraction of sp³-hybridized carbons (Fsp3) is 0.562. The minimum absolute atomic E-state index is 0.0579. The Hall–Kier alpha value is -1.06. The van der Waals surface area contributed by atoms with Crippen molar-refractivity contribution in [2.75, 3.05) is 13.2 Å². The van der Waals surface area contributed by atoms with Gasteiger partial charge in [0.1, 0.15) is 5.82 Å². The molecule has 2 aromatic rings. The molecule has 0 amide bonds. The minimum Gasteiger partial charge on any atom is -0.379 e. The van der Waals surface area contributed by atoms with E-state index >= 15 is 0 Å². The van der Waals surface area contributed by atoms with Crippen molar-refractivity contribution in [2.24, 2.45) is 0 Å². The number of alkyl halides is 1. The maximum atomic E-state index is 6.39. The maximum Gasteiger partial charge on any atom is 0.128 e. The zero-order valence-corrected chi connectivity index (χ0v) is 13.1. The van der Waals surface area contributed by atoms with Crippen molar-refractivity contribution >= 4 is 22.6 Å². The van der Waals surface area contributed by atoms with Crippen molar-refractivity contribution in [1.29, 1.82) is 0 Å². The molecule has 1 aliphatic heterocycles. The molecule has 108 valence electrons. The molecule has 2 heterocycles. The van der Waals surface area contributed by atoms with E-state index in [1.54, 1.807) is 0 Å². The molecule has 0 spiro atoms. The third kappa shape index (κ3) is 2.13. The molecular formula is C16H21ClN2O. The fourth-order valence-corrected chi connectivity index (χ4v) is 3.37. The second-order valence-corrected chi connectivity index (χ2v) is 6.67. The number of ether oxygens (including phenoxy) is 1. The zero-order valence-electron chi connectivity index (χ0n) is 12.3. The van der Waals surface area contributed by atoms with Gasteiger partial charge in [-0.25, -0.2) is 4.98 Å². The Morgan fingerprint density at radius 1 is 1.45 bits per heavy atom. The van der Waals surface area contributed by atoms with Crippen LogP contribution in [0, 0.1) is 6.92 Å². The van der Waals surface area contributed by atoms with E-state index in [1.165, 1.54) is 11.1 Å². The van der Waals surface area contributed by atoms with Crippen LogP contribution in [0.5, 0.6) is 0 Å². The second kappa shape index (κ2) is 5.05. The summed E-state index contributed by atoms with van der Waals surface area (Å²) >= 11 is 6.39. The molecule has 0 saturated carbocycles. The molecular weight excluding hydrogens is 272 g/mol. The fourth-order valence-electron chi connectivity index (χ4n) is 3.22. The third-order valence-corrected chi connectivity index (χ3v) is 4.41. The molecule has 1 aliphatic rings. The summed E-state index contributed by atoms with van der Waals surface area (Å²) in [6.07, 6.45) is 2.18. The van der Waals surface area contributed by atoms with Gasteiger partial charge in [0.05, 0.1) is 28.6 Å². The molecule has 0 N–H and O–H groups in total. The Bertz CT molecular complexity index is 627. The van der Waals surface area contributed by atoms with Gasteiger partial charge in [-0.1, -0.05) is 12.1 Å². The monoisotopic (exact) mass is 292 g/mol. The molecule has 0 radical (unpaired) electrons. The second-order valence-electron chi connectivity index (χ2n) is 6.02. The van der Waals surface area contributed by atoms with Crippen molar-refractivity contribution in [3.8, 4) is 0 Å². The summed E-state index contributed by atoms with van der Waals surface area (Å²) in [5.74, 6) is 0.948. The van der Waals surface area contributed by atoms with Gasteiger partial charge in [0.25, 0.3) is 0 Å². The van der Waals surface area contributed by atoms with Crippen LogP contribution in [0.2, 0.25) is 0 Å². The molecule has 3 nitrogen and oxygen atoms in total. The van der Waals surface area contributed by atoms with Gasteiger partial charge in [-0.05, 0) is 45.2 Å². The summed E-state index contributed by atoms with van der Waals surface area (Å²) in [5.41, 5.74) is 3.41. The summed E-state index contributed by atoms with van der Waals surface area (Å²) in [7, 11) is 0. The van der Waals surface area contributed by atoms with Crippen molar-refractivity contribution in [3.63, 3.8) is 0 Å². The number of para-hydroxylation sites is 1. The Balaban J connectivity index is 2.28. The number of aromatic nitrogens is 2. The Labute approximate surface area is 124 Å². The number of benzene rings is 1. The molecule has 2 atom stereocenters. The SMILES string of the molecule is Cc1cccc2nc(C(C)Cl)n(C3(C)CCCOC3)c12. The Morgan fingerprint density at radius 2 is 2.25 bits per heavy atom. The Morgan fingerprint density at radius 3 is 2.90 bits per heavy atom. The third-order valence-electron chi connectivity index (χ3n) is 4.22. The van der Waals surface area contributed by atoms with E-state index in [-0.39, 0.29) is 10.9 Å². The standard InChI is InChI=1S/C16H21ClN2O/c1-11-6-4-7-13-14(11)19(15(18-13)12(2)17)16(3)8-5-9-20-10-16/h4,6-7,12H,5,8-10H2,1-3H3. The van der Waals surface area contributed by atoms with Crippen LogP contribution in [0.3, 0.4) is 0 Å². The van der Waals surface area contributed by atoms with Gasteiger partial charge in [-0.15, -0.1) is 11.6 Å². The van der Waals surface area contributed by atoms with Gasteiger partial charge in [-0.3, -0.25) is 0 Å². The highest BCUT2D eigenvalue weighted by Crippen LogP contribution is 2.36. The number of aryl methyl sites for hydroxylation is 1. The first kappa shape index (κ1) is 13.9. The number of imidazole rings is 1. The number of nitrogens with zero attached hydrogens (tertiary/aromatic N) is 2. The van der Waals surface area contributed by atoms with Crippen LogP contribution in [-0.4, -0.2) is 22.8 Å². The average molecular weight is 293 g/mol. The summed E-state index contributed by atoms with van der Waals surface area (Å²) in [6.45, 7) is 7.96.